The molecule has 0 bridgehead atoms. The van der Waals surface area contributed by atoms with Crippen molar-refractivity contribution < 1.29 is 22.7 Å². The molecule has 9 heteroatoms. The van der Waals surface area contributed by atoms with E-state index in [4.69, 9.17) is 16.3 Å². The van der Waals surface area contributed by atoms with Crippen molar-refractivity contribution in [2.45, 2.75) is 19.4 Å². The first kappa shape index (κ1) is 23.2. The van der Waals surface area contributed by atoms with Crippen LogP contribution >= 0.6 is 11.6 Å². The first-order chi connectivity index (χ1) is 15.8. The lowest BCUT2D eigenvalue weighted by Crippen LogP contribution is -2.43. The van der Waals surface area contributed by atoms with Crippen LogP contribution in [0, 0.1) is 0 Å². The largest absolute Gasteiger partial charge is 0.452 e. The van der Waals surface area contributed by atoms with Gasteiger partial charge in [-0.3, -0.25) is 4.79 Å². The number of halogens is 1. The third-order valence-electron chi connectivity index (χ3n) is 5.72. The zero-order chi connectivity index (χ0) is 23.6. The summed E-state index contributed by atoms with van der Waals surface area (Å²) >= 11 is 6.33. The van der Waals surface area contributed by atoms with E-state index in [0.29, 0.717) is 40.1 Å². The van der Waals surface area contributed by atoms with E-state index in [1.165, 1.54) is 4.90 Å². The van der Waals surface area contributed by atoms with Crippen molar-refractivity contribution in [3.63, 3.8) is 0 Å². The second kappa shape index (κ2) is 9.49. The average molecular weight is 487 g/mol. The van der Waals surface area contributed by atoms with Gasteiger partial charge in [0.05, 0.1) is 28.3 Å². The Bertz CT molecular complexity index is 1330. The molecule has 4 rings (SSSR count). The topological polar surface area (TPSA) is 93.6 Å². The van der Waals surface area contributed by atoms with Gasteiger partial charge in [0.1, 0.15) is 0 Å². The molecule has 172 valence electrons. The Kier molecular flexibility index (Phi) is 6.67. The third-order valence-corrected chi connectivity index (χ3v) is 7.80. The standard InChI is InChI=1S/C24H23ClN2O5S/c1-2-27(16-11-12-33(30,31)15-16)23(28)14-32-24(29)19-13-22(18-8-3-5-9-20(18)25)26-21-10-6-4-7-17(19)21/h3-10,13,16H,2,11-12,14-15H2,1H3/t16-/m1/s1. The van der Waals surface area contributed by atoms with E-state index in [9.17, 15) is 18.0 Å². The van der Waals surface area contributed by atoms with Gasteiger partial charge < -0.3 is 9.64 Å². The normalized spacial score (nSPS) is 17.1. The number of ether oxygens (including phenoxy) is 1. The van der Waals surface area contributed by atoms with Crippen LogP contribution in [0.4, 0.5) is 0 Å². The number of esters is 1. The van der Waals surface area contributed by atoms with Crippen molar-refractivity contribution in [1.82, 2.24) is 9.88 Å². The molecule has 0 spiro atoms. The molecule has 3 aromatic rings. The maximum atomic E-state index is 13.0. The van der Waals surface area contributed by atoms with Gasteiger partial charge in [-0.1, -0.05) is 48.0 Å². The van der Waals surface area contributed by atoms with Gasteiger partial charge in [-0.2, -0.15) is 0 Å². The summed E-state index contributed by atoms with van der Waals surface area (Å²) in [7, 11) is -3.14. The molecule has 0 N–H and O–H groups in total. The second-order valence-corrected chi connectivity index (χ2v) is 10.5. The van der Waals surface area contributed by atoms with Crippen molar-refractivity contribution in [1.29, 1.82) is 0 Å². The minimum atomic E-state index is -3.14. The Morgan fingerprint density at radius 2 is 1.88 bits per heavy atom. The molecule has 0 unspecified atom stereocenters. The predicted octanol–water partition coefficient (Wildman–Crippen LogP) is 3.75. The number of rotatable bonds is 6. The van der Waals surface area contributed by atoms with Crippen molar-refractivity contribution in [3.05, 3.63) is 65.2 Å². The molecule has 33 heavy (non-hydrogen) atoms. The van der Waals surface area contributed by atoms with Crippen LogP contribution < -0.4 is 0 Å². The molecule has 0 aliphatic carbocycles. The first-order valence-electron chi connectivity index (χ1n) is 10.6. The lowest BCUT2D eigenvalue weighted by molar-refractivity contribution is -0.136. The van der Waals surface area contributed by atoms with Crippen LogP contribution in [-0.2, 0) is 19.4 Å². The van der Waals surface area contributed by atoms with Crippen LogP contribution in [-0.4, -0.2) is 60.9 Å². The van der Waals surface area contributed by atoms with E-state index in [0.717, 1.165) is 0 Å². The number of amides is 1. The van der Waals surface area contributed by atoms with Crippen molar-refractivity contribution >= 4 is 44.2 Å². The van der Waals surface area contributed by atoms with Gasteiger partial charge >= 0.3 is 5.97 Å². The summed E-state index contributed by atoms with van der Waals surface area (Å²) < 4.78 is 29.0. The van der Waals surface area contributed by atoms with Gasteiger partial charge in [0, 0.05) is 28.6 Å². The minimum Gasteiger partial charge on any atom is -0.452 e. The first-order valence-corrected chi connectivity index (χ1v) is 12.8. The zero-order valence-corrected chi connectivity index (χ0v) is 19.6. The zero-order valence-electron chi connectivity index (χ0n) is 18.0. The molecule has 1 fully saturated rings. The number of benzene rings is 2. The number of para-hydroxylation sites is 1. The Morgan fingerprint density at radius 3 is 2.58 bits per heavy atom. The van der Waals surface area contributed by atoms with E-state index < -0.39 is 28.3 Å². The van der Waals surface area contributed by atoms with Gasteiger partial charge in [0.2, 0.25) is 0 Å². The number of hydrogen-bond acceptors (Lipinski definition) is 6. The number of likely N-dealkylation sites (N-methyl/N-ethyl adjacent to an activating group) is 1. The maximum Gasteiger partial charge on any atom is 0.339 e. The molecule has 1 aliphatic rings. The van der Waals surface area contributed by atoms with Crippen molar-refractivity contribution in [2.24, 2.45) is 0 Å². The van der Waals surface area contributed by atoms with Crippen molar-refractivity contribution in [2.75, 3.05) is 24.7 Å². The fraction of sp³-hybridized carbons (Fsp3) is 0.292. The van der Waals surface area contributed by atoms with Gasteiger partial charge in [-0.15, -0.1) is 0 Å². The van der Waals surface area contributed by atoms with E-state index in [-0.39, 0.29) is 23.1 Å². The Hall–Kier alpha value is -2.97. The molecule has 1 amide bonds. The molecule has 0 saturated carbocycles. The number of fused-ring (bicyclic) bond motifs is 1. The second-order valence-electron chi connectivity index (χ2n) is 7.86. The maximum absolute atomic E-state index is 13.0. The lowest BCUT2D eigenvalue weighted by atomic mass is 10.0. The monoisotopic (exact) mass is 486 g/mol. The van der Waals surface area contributed by atoms with E-state index >= 15 is 0 Å². The Morgan fingerprint density at radius 1 is 1.15 bits per heavy atom. The van der Waals surface area contributed by atoms with Crippen LogP contribution in [0.15, 0.2) is 54.6 Å². The van der Waals surface area contributed by atoms with Gasteiger partial charge in [0.15, 0.2) is 16.4 Å². The van der Waals surface area contributed by atoms with Crippen LogP contribution in [0.2, 0.25) is 5.02 Å². The van der Waals surface area contributed by atoms with Crippen LogP contribution in [0.1, 0.15) is 23.7 Å². The molecule has 1 atom stereocenters. The number of sulfone groups is 1. The smallest absolute Gasteiger partial charge is 0.339 e. The Labute approximate surface area is 197 Å². The Balaban J connectivity index is 1.58. The summed E-state index contributed by atoms with van der Waals surface area (Å²) in [5.74, 6) is -1.07. The molecular weight excluding hydrogens is 464 g/mol. The number of carbonyl (C=O) groups excluding carboxylic acids is 2. The highest BCUT2D eigenvalue weighted by atomic mass is 35.5. The number of aromatic nitrogens is 1. The SMILES string of the molecule is CCN(C(=O)COC(=O)c1cc(-c2ccccc2Cl)nc2ccccc12)[C@@H]1CCS(=O)(=O)C1. The number of carbonyl (C=O) groups is 2. The molecule has 1 aliphatic heterocycles. The highest BCUT2D eigenvalue weighted by molar-refractivity contribution is 7.91. The number of hydrogen-bond donors (Lipinski definition) is 0. The number of pyridine rings is 1. The molecule has 2 heterocycles. The van der Waals surface area contributed by atoms with Crippen LogP contribution in [0.5, 0.6) is 0 Å². The van der Waals surface area contributed by atoms with Gasteiger partial charge in [-0.05, 0) is 31.5 Å². The molecular formula is C24H23ClN2O5S. The summed E-state index contributed by atoms with van der Waals surface area (Å²) in [6, 6.07) is 15.6. The van der Waals surface area contributed by atoms with E-state index in [1.54, 1.807) is 37.3 Å². The van der Waals surface area contributed by atoms with E-state index in [1.807, 2.05) is 24.3 Å². The minimum absolute atomic E-state index is 0.0588. The molecule has 7 nitrogen and oxygen atoms in total. The lowest BCUT2D eigenvalue weighted by Gasteiger charge is -2.26. The highest BCUT2D eigenvalue weighted by Gasteiger charge is 2.34. The molecule has 1 aromatic heterocycles. The molecule has 0 radical (unpaired) electrons. The summed E-state index contributed by atoms with van der Waals surface area (Å²) in [6.07, 6.45) is 0.395. The predicted molar refractivity (Wildman–Crippen MR) is 127 cm³/mol. The summed E-state index contributed by atoms with van der Waals surface area (Å²) in [5, 5.41) is 1.10. The summed E-state index contributed by atoms with van der Waals surface area (Å²) in [6.45, 7) is 1.64. The van der Waals surface area contributed by atoms with Crippen LogP contribution in [0.25, 0.3) is 22.2 Å². The third kappa shape index (κ3) is 5.02. The summed E-state index contributed by atoms with van der Waals surface area (Å²) in [4.78, 5) is 31.8. The van der Waals surface area contributed by atoms with Crippen LogP contribution in [0.3, 0.4) is 0 Å². The average Bonchev–Trinajstić information content (AvgIpc) is 3.16. The summed E-state index contributed by atoms with van der Waals surface area (Å²) in [5.41, 5.74) is 2.06. The fourth-order valence-electron chi connectivity index (χ4n) is 4.10. The van der Waals surface area contributed by atoms with Crippen molar-refractivity contribution in [3.8, 4) is 11.3 Å². The van der Waals surface area contributed by atoms with Gasteiger partial charge in [0.25, 0.3) is 5.91 Å². The van der Waals surface area contributed by atoms with Gasteiger partial charge in [-0.25, -0.2) is 18.2 Å². The van der Waals surface area contributed by atoms with E-state index in [2.05, 4.69) is 4.98 Å². The highest BCUT2D eigenvalue weighted by Crippen LogP contribution is 2.30. The fourth-order valence-corrected chi connectivity index (χ4v) is 6.06. The molecule has 1 saturated heterocycles. The quantitative estimate of drug-likeness (QED) is 0.492. The molecule has 2 aromatic carbocycles. The number of nitrogens with zero attached hydrogens (tertiary/aromatic N) is 2.